The van der Waals surface area contributed by atoms with Crippen molar-refractivity contribution in [2.45, 2.75) is 38.6 Å². The predicted octanol–water partition coefficient (Wildman–Crippen LogP) is 3.46. The molecule has 0 aliphatic carbocycles. The number of anilines is 1. The molecule has 0 bridgehead atoms. The molecular formula is C13H18ClF3N2O2. The first-order valence-electron chi connectivity index (χ1n) is 6.14. The Hall–Kier alpha value is -1.02. The zero-order valence-electron chi connectivity index (χ0n) is 11.9. The average Bonchev–Trinajstić information content (AvgIpc) is 2.29. The second-order valence-corrected chi connectivity index (χ2v) is 6.14. The van der Waals surface area contributed by atoms with E-state index >= 15 is 0 Å². The number of nitrogens with two attached hydrogens (primary N) is 1. The maximum absolute atomic E-state index is 12.8. The first-order valence-corrected chi connectivity index (χ1v) is 6.52. The monoisotopic (exact) mass is 326 g/mol. The zero-order valence-corrected chi connectivity index (χ0v) is 12.6. The molecule has 1 atom stereocenters. The molecule has 1 rings (SSSR count). The maximum atomic E-state index is 12.8. The third kappa shape index (κ3) is 4.47. The highest BCUT2D eigenvalue weighted by Crippen LogP contribution is 2.39. The van der Waals surface area contributed by atoms with Gasteiger partial charge in [-0.05, 0) is 38.5 Å². The summed E-state index contributed by atoms with van der Waals surface area (Å²) in [7, 11) is 0. The SMILES string of the molecule is CC(C)(C)N(O)CC(O)c1cc(Cl)c(N)c(C(F)(F)F)c1. The summed E-state index contributed by atoms with van der Waals surface area (Å²) in [6, 6.07) is 1.90. The Morgan fingerprint density at radius 2 is 1.81 bits per heavy atom. The molecule has 120 valence electrons. The van der Waals surface area contributed by atoms with Crippen molar-refractivity contribution in [2.75, 3.05) is 12.3 Å². The summed E-state index contributed by atoms with van der Waals surface area (Å²) in [6.45, 7) is 4.81. The van der Waals surface area contributed by atoms with Gasteiger partial charge in [0, 0.05) is 5.54 Å². The van der Waals surface area contributed by atoms with E-state index in [1.807, 2.05) is 0 Å². The van der Waals surface area contributed by atoms with E-state index < -0.39 is 29.1 Å². The fraction of sp³-hybridized carbons (Fsp3) is 0.538. The molecule has 0 fully saturated rings. The van der Waals surface area contributed by atoms with Gasteiger partial charge in [0.05, 0.1) is 28.9 Å². The molecule has 21 heavy (non-hydrogen) atoms. The first-order chi connectivity index (χ1) is 9.34. The Bertz CT molecular complexity index is 515. The molecule has 0 saturated heterocycles. The normalized spacial score (nSPS) is 14.6. The Balaban J connectivity index is 3.12. The van der Waals surface area contributed by atoms with Gasteiger partial charge in [-0.25, -0.2) is 0 Å². The number of aliphatic hydroxyl groups is 1. The van der Waals surface area contributed by atoms with E-state index in [2.05, 4.69) is 0 Å². The van der Waals surface area contributed by atoms with Crippen molar-refractivity contribution in [2.24, 2.45) is 0 Å². The van der Waals surface area contributed by atoms with Crippen LogP contribution in [0.4, 0.5) is 18.9 Å². The number of hydrogen-bond acceptors (Lipinski definition) is 4. The molecule has 4 N–H and O–H groups in total. The molecule has 1 unspecified atom stereocenters. The molecule has 8 heteroatoms. The quantitative estimate of drug-likeness (QED) is 0.587. The van der Waals surface area contributed by atoms with Crippen molar-refractivity contribution in [1.82, 2.24) is 5.06 Å². The van der Waals surface area contributed by atoms with Crippen LogP contribution in [0.2, 0.25) is 5.02 Å². The molecule has 1 aromatic carbocycles. The minimum atomic E-state index is -4.67. The molecule has 0 spiro atoms. The smallest absolute Gasteiger partial charge is 0.397 e. The van der Waals surface area contributed by atoms with Crippen LogP contribution in [0, 0.1) is 0 Å². The molecule has 0 amide bonds. The number of hydrogen-bond donors (Lipinski definition) is 3. The van der Waals surface area contributed by atoms with Crippen LogP contribution in [-0.4, -0.2) is 27.5 Å². The van der Waals surface area contributed by atoms with Gasteiger partial charge in [-0.15, -0.1) is 0 Å². The fourth-order valence-electron chi connectivity index (χ4n) is 1.61. The molecular weight excluding hydrogens is 309 g/mol. The minimum absolute atomic E-state index is 0.0650. The summed E-state index contributed by atoms with van der Waals surface area (Å²) >= 11 is 5.68. The van der Waals surface area contributed by atoms with Crippen LogP contribution in [-0.2, 0) is 6.18 Å². The summed E-state index contributed by atoms with van der Waals surface area (Å²) in [5, 5.41) is 20.3. The highest BCUT2D eigenvalue weighted by molar-refractivity contribution is 6.33. The van der Waals surface area contributed by atoms with Crippen LogP contribution >= 0.6 is 11.6 Å². The van der Waals surface area contributed by atoms with Crippen molar-refractivity contribution in [3.05, 3.63) is 28.3 Å². The minimum Gasteiger partial charge on any atom is -0.397 e. The van der Waals surface area contributed by atoms with Gasteiger partial charge in [0.1, 0.15) is 0 Å². The van der Waals surface area contributed by atoms with Gasteiger partial charge in [-0.3, -0.25) is 0 Å². The lowest BCUT2D eigenvalue weighted by molar-refractivity contribution is -0.172. The fourth-order valence-corrected chi connectivity index (χ4v) is 1.84. The van der Waals surface area contributed by atoms with Crippen molar-refractivity contribution in [1.29, 1.82) is 0 Å². The summed E-state index contributed by atoms with van der Waals surface area (Å²) in [5.74, 6) is 0. The van der Waals surface area contributed by atoms with E-state index in [0.717, 1.165) is 17.2 Å². The Morgan fingerprint density at radius 1 is 1.29 bits per heavy atom. The number of nitrogens with zero attached hydrogens (tertiary/aromatic N) is 1. The van der Waals surface area contributed by atoms with Crippen molar-refractivity contribution >= 4 is 17.3 Å². The van der Waals surface area contributed by atoms with Gasteiger partial charge < -0.3 is 16.0 Å². The van der Waals surface area contributed by atoms with E-state index in [0.29, 0.717) is 0 Å². The molecule has 0 saturated carbocycles. The highest BCUT2D eigenvalue weighted by Gasteiger charge is 2.35. The van der Waals surface area contributed by atoms with Crippen LogP contribution < -0.4 is 5.73 Å². The number of hydroxylamine groups is 2. The Morgan fingerprint density at radius 3 is 2.24 bits per heavy atom. The number of halogens is 4. The molecule has 0 aliphatic rings. The van der Waals surface area contributed by atoms with Crippen LogP contribution in [0.15, 0.2) is 12.1 Å². The number of aliphatic hydroxyl groups excluding tert-OH is 1. The molecule has 0 radical (unpaired) electrons. The van der Waals surface area contributed by atoms with Gasteiger partial charge >= 0.3 is 6.18 Å². The summed E-state index contributed by atoms with van der Waals surface area (Å²) in [6.07, 6.45) is -6.01. The number of benzene rings is 1. The second kappa shape index (κ2) is 6.00. The van der Waals surface area contributed by atoms with Gasteiger partial charge in [-0.1, -0.05) is 11.6 Å². The summed E-state index contributed by atoms with van der Waals surface area (Å²) in [4.78, 5) is 0. The standard InChI is InChI=1S/C13H18ClF3N2O2/c1-12(2,3)19(21)6-10(20)7-4-8(13(15,16)17)11(18)9(14)5-7/h4-5,10,20-21H,6,18H2,1-3H3. The Labute approximate surface area is 125 Å². The van der Waals surface area contributed by atoms with E-state index in [1.165, 1.54) is 0 Å². The lowest BCUT2D eigenvalue weighted by Crippen LogP contribution is -2.41. The number of rotatable bonds is 3. The van der Waals surface area contributed by atoms with Crippen molar-refractivity contribution in [3.8, 4) is 0 Å². The number of nitrogen functional groups attached to an aromatic ring is 1. The highest BCUT2D eigenvalue weighted by atomic mass is 35.5. The van der Waals surface area contributed by atoms with Crippen LogP contribution in [0.3, 0.4) is 0 Å². The molecule has 1 aromatic rings. The maximum Gasteiger partial charge on any atom is 0.418 e. The van der Waals surface area contributed by atoms with Crippen LogP contribution in [0.5, 0.6) is 0 Å². The predicted molar refractivity (Wildman–Crippen MR) is 74.1 cm³/mol. The summed E-state index contributed by atoms with van der Waals surface area (Å²) in [5.41, 5.74) is 2.90. The summed E-state index contributed by atoms with van der Waals surface area (Å²) < 4.78 is 38.5. The van der Waals surface area contributed by atoms with Crippen LogP contribution in [0.25, 0.3) is 0 Å². The van der Waals surface area contributed by atoms with Crippen molar-refractivity contribution < 1.29 is 23.5 Å². The van der Waals surface area contributed by atoms with Gasteiger partial charge in [-0.2, -0.15) is 18.2 Å². The first kappa shape index (κ1) is 18.0. The number of alkyl halides is 3. The molecule has 0 aliphatic heterocycles. The van der Waals surface area contributed by atoms with Gasteiger partial charge in [0.2, 0.25) is 0 Å². The zero-order chi connectivity index (χ0) is 16.6. The van der Waals surface area contributed by atoms with Crippen LogP contribution in [0.1, 0.15) is 38.0 Å². The average molecular weight is 327 g/mol. The number of β-amino-alcohol motifs (C(OH)–C–C–N with tert-alkyl or cyclic N) is 1. The molecule has 0 heterocycles. The third-order valence-corrected chi connectivity index (χ3v) is 3.27. The van der Waals surface area contributed by atoms with E-state index in [9.17, 15) is 23.5 Å². The van der Waals surface area contributed by atoms with Crippen molar-refractivity contribution in [3.63, 3.8) is 0 Å². The van der Waals surface area contributed by atoms with E-state index in [4.69, 9.17) is 17.3 Å². The topological polar surface area (TPSA) is 69.7 Å². The third-order valence-electron chi connectivity index (χ3n) is 2.96. The van der Waals surface area contributed by atoms with Gasteiger partial charge in [0.25, 0.3) is 0 Å². The molecule has 4 nitrogen and oxygen atoms in total. The lowest BCUT2D eigenvalue weighted by atomic mass is 10.0. The van der Waals surface area contributed by atoms with Gasteiger partial charge in [0.15, 0.2) is 0 Å². The van der Waals surface area contributed by atoms with E-state index in [-0.39, 0.29) is 17.1 Å². The second-order valence-electron chi connectivity index (χ2n) is 5.73. The Kier molecular flexibility index (Phi) is 5.15. The lowest BCUT2D eigenvalue weighted by Gasteiger charge is -2.31. The largest absolute Gasteiger partial charge is 0.418 e. The molecule has 0 aromatic heterocycles. The van der Waals surface area contributed by atoms with E-state index in [1.54, 1.807) is 20.8 Å².